The van der Waals surface area contributed by atoms with Crippen LogP contribution in [0.4, 0.5) is 10.6 Å². The summed E-state index contributed by atoms with van der Waals surface area (Å²) in [5.41, 5.74) is 3.70. The molecule has 0 aromatic carbocycles. The van der Waals surface area contributed by atoms with Gasteiger partial charge < -0.3 is 23.9 Å². The summed E-state index contributed by atoms with van der Waals surface area (Å²) in [6.07, 6.45) is 11.8. The first-order valence-electron chi connectivity index (χ1n) is 18.9. The van der Waals surface area contributed by atoms with Crippen molar-refractivity contribution in [1.29, 1.82) is 0 Å². The molecule has 51 heavy (non-hydrogen) atoms. The van der Waals surface area contributed by atoms with Gasteiger partial charge >= 0.3 is 6.09 Å². The van der Waals surface area contributed by atoms with Crippen molar-refractivity contribution in [3.63, 3.8) is 0 Å². The zero-order chi connectivity index (χ0) is 35.1. The van der Waals surface area contributed by atoms with Gasteiger partial charge in [-0.05, 0) is 101 Å². The fourth-order valence-corrected chi connectivity index (χ4v) is 8.36. The van der Waals surface area contributed by atoms with Gasteiger partial charge in [-0.1, -0.05) is 0 Å². The van der Waals surface area contributed by atoms with Crippen molar-refractivity contribution in [1.82, 2.24) is 24.8 Å². The van der Waals surface area contributed by atoms with Gasteiger partial charge in [-0.2, -0.15) is 0 Å². The highest BCUT2D eigenvalue weighted by Gasteiger charge is 2.42. The van der Waals surface area contributed by atoms with E-state index in [-0.39, 0.29) is 30.1 Å². The van der Waals surface area contributed by atoms with E-state index < -0.39 is 0 Å². The number of hydrogen-bond acceptors (Lipinski definition) is 10. The van der Waals surface area contributed by atoms with Crippen molar-refractivity contribution in [3.8, 4) is 17.0 Å². The number of ether oxygens (including phenoxy) is 2. The number of aryl methyl sites for hydroxylation is 1. The van der Waals surface area contributed by atoms with Crippen LogP contribution in [0, 0.1) is 18.8 Å². The number of methoxy groups -OCH3 is 1. The van der Waals surface area contributed by atoms with Crippen molar-refractivity contribution in [3.05, 3.63) is 54.0 Å². The Labute approximate surface area is 299 Å². The molecule has 272 valence electrons. The Morgan fingerprint density at radius 3 is 2.37 bits per heavy atom. The first kappa shape index (κ1) is 34.1. The highest BCUT2D eigenvalue weighted by atomic mass is 16.6. The number of carbonyl (C=O) groups is 2. The third-order valence-electron chi connectivity index (χ3n) is 11.8. The quantitative estimate of drug-likeness (QED) is 0.282. The average Bonchev–Trinajstić information content (AvgIpc) is 3.85. The number of nitrogens with zero attached hydrogens (tertiary/aromatic N) is 6. The molecule has 5 heterocycles. The Bertz CT molecular complexity index is 1700. The van der Waals surface area contributed by atoms with Crippen LogP contribution in [0.15, 0.2) is 41.1 Å². The summed E-state index contributed by atoms with van der Waals surface area (Å²) in [5.74, 6) is 3.35. The number of aromatic nitrogens is 3. The van der Waals surface area contributed by atoms with Crippen LogP contribution < -0.4 is 9.64 Å². The Morgan fingerprint density at radius 2 is 1.69 bits per heavy atom. The summed E-state index contributed by atoms with van der Waals surface area (Å²) in [6.45, 7) is 5.27. The molecule has 0 unspecified atom stereocenters. The summed E-state index contributed by atoms with van der Waals surface area (Å²) < 4.78 is 17.1. The lowest BCUT2D eigenvalue weighted by Gasteiger charge is -2.50. The number of amides is 2. The fraction of sp³-hybridized carbons (Fsp3) is 0.615. The average molecular weight is 699 g/mol. The minimum Gasteiger partial charge on any atom is -0.495 e. The number of rotatable bonds is 10. The zero-order valence-corrected chi connectivity index (χ0v) is 29.8. The lowest BCUT2D eigenvalue weighted by atomic mass is 9.79. The Balaban J connectivity index is 0.916. The second-order valence-corrected chi connectivity index (χ2v) is 15.5. The van der Waals surface area contributed by atoms with Crippen LogP contribution in [0.3, 0.4) is 0 Å². The molecular weight excluding hydrogens is 648 g/mol. The molecule has 0 radical (unpaired) electrons. The van der Waals surface area contributed by atoms with Crippen LogP contribution in [-0.4, -0.2) is 99.9 Å². The predicted octanol–water partition coefficient (Wildman–Crippen LogP) is 5.69. The summed E-state index contributed by atoms with van der Waals surface area (Å²) in [6, 6.07) is 8.34. The number of oxazole rings is 1. The van der Waals surface area contributed by atoms with E-state index in [1.165, 1.54) is 0 Å². The molecule has 0 spiro atoms. The van der Waals surface area contributed by atoms with Crippen molar-refractivity contribution >= 4 is 17.8 Å². The van der Waals surface area contributed by atoms with Crippen molar-refractivity contribution in [2.75, 3.05) is 44.7 Å². The monoisotopic (exact) mass is 698 g/mol. The van der Waals surface area contributed by atoms with Gasteiger partial charge in [0.1, 0.15) is 29.6 Å². The minimum absolute atomic E-state index is 0.0974. The van der Waals surface area contributed by atoms with E-state index in [9.17, 15) is 14.7 Å². The molecule has 3 aromatic rings. The molecule has 3 aromatic heterocycles. The summed E-state index contributed by atoms with van der Waals surface area (Å²) in [7, 11) is 1.68. The predicted molar refractivity (Wildman–Crippen MR) is 189 cm³/mol. The van der Waals surface area contributed by atoms with Gasteiger partial charge in [-0.3, -0.25) is 19.6 Å². The topological polar surface area (TPSA) is 134 Å². The van der Waals surface area contributed by atoms with Crippen LogP contribution >= 0.6 is 0 Å². The van der Waals surface area contributed by atoms with E-state index in [1.807, 2.05) is 30.0 Å². The standard InChI is InChI=1S/C39H50N6O6/c1-24-35(49-2)14-13-33(41-24)26-5-3-25(4-6-26)18-45(36-17-29(15-16-40-36)34-23-50-37(42-34)27-7-8-27)38(47)28-9-11-32(12-10-28)51-39(48)44-19-30(20-44)43-21-31(46)22-43/h13-17,23,25-28,30-32,46H,3-12,18-22H2,1-2H3/t25-,26-,28-,32-. The van der Waals surface area contributed by atoms with Crippen LogP contribution in [0.25, 0.3) is 11.3 Å². The normalized spacial score (nSPS) is 25.9. The summed E-state index contributed by atoms with van der Waals surface area (Å²) in [4.78, 5) is 47.5. The van der Waals surface area contributed by atoms with E-state index in [4.69, 9.17) is 28.8 Å². The van der Waals surface area contributed by atoms with Crippen LogP contribution in [-0.2, 0) is 9.53 Å². The number of aliphatic hydroxyl groups is 1. The number of pyridine rings is 2. The maximum Gasteiger partial charge on any atom is 0.410 e. The molecule has 1 N–H and O–H groups in total. The first-order valence-corrected chi connectivity index (χ1v) is 18.9. The lowest BCUT2D eigenvalue weighted by Crippen LogP contribution is -2.67. The third-order valence-corrected chi connectivity index (χ3v) is 11.8. The van der Waals surface area contributed by atoms with E-state index in [0.29, 0.717) is 88.0 Å². The Morgan fingerprint density at radius 1 is 0.941 bits per heavy atom. The van der Waals surface area contributed by atoms with E-state index in [2.05, 4.69) is 11.0 Å². The molecule has 0 atom stereocenters. The summed E-state index contributed by atoms with van der Waals surface area (Å²) >= 11 is 0. The van der Waals surface area contributed by atoms with Crippen molar-refractivity contribution in [2.24, 2.45) is 11.8 Å². The molecular formula is C39H50N6O6. The number of aliphatic hydroxyl groups excluding tert-OH is 1. The van der Waals surface area contributed by atoms with Crippen LogP contribution in [0.1, 0.15) is 93.3 Å². The fourth-order valence-electron chi connectivity index (χ4n) is 8.36. The van der Waals surface area contributed by atoms with Gasteiger partial charge in [-0.15, -0.1) is 0 Å². The number of carbonyl (C=O) groups excluding carboxylic acids is 2. The SMILES string of the molecule is COc1ccc([C@H]2CC[C@H](CN(c3cc(-c4coc(C5CC5)n4)ccn3)C(=O)[C@H]3CC[C@H](OC(=O)N4CC(N5CC(O)C5)C4)CC3)CC2)nc1C. The number of anilines is 1. The lowest BCUT2D eigenvalue weighted by molar-refractivity contribution is -0.124. The molecule has 12 nitrogen and oxygen atoms in total. The van der Waals surface area contributed by atoms with Crippen molar-refractivity contribution in [2.45, 2.75) is 101 Å². The second-order valence-electron chi connectivity index (χ2n) is 15.5. The largest absolute Gasteiger partial charge is 0.495 e. The second kappa shape index (κ2) is 14.5. The Hall–Kier alpha value is -4.03. The zero-order valence-electron chi connectivity index (χ0n) is 29.8. The first-order chi connectivity index (χ1) is 24.8. The smallest absolute Gasteiger partial charge is 0.410 e. The molecule has 5 aliphatic rings. The molecule has 8 rings (SSSR count). The molecule has 0 bridgehead atoms. The third kappa shape index (κ3) is 7.48. The minimum atomic E-state index is -0.266. The van der Waals surface area contributed by atoms with Crippen LogP contribution in [0.2, 0.25) is 0 Å². The molecule has 2 saturated heterocycles. The van der Waals surface area contributed by atoms with Crippen molar-refractivity contribution < 1.29 is 28.6 Å². The van der Waals surface area contributed by atoms with Gasteiger partial charge in [0, 0.05) is 74.0 Å². The number of β-amino-alcohol motifs (C(OH)–C–C–N with tert-alkyl or cyclic N) is 1. The Kier molecular flexibility index (Phi) is 9.71. The number of hydrogen-bond donors (Lipinski definition) is 1. The molecule has 12 heteroatoms. The maximum atomic E-state index is 14.4. The van der Waals surface area contributed by atoms with Gasteiger partial charge in [0.25, 0.3) is 0 Å². The van der Waals surface area contributed by atoms with Gasteiger partial charge in [0.05, 0.1) is 18.9 Å². The van der Waals surface area contributed by atoms with E-state index in [1.54, 1.807) is 24.5 Å². The van der Waals surface area contributed by atoms with Gasteiger partial charge in [0.15, 0.2) is 5.89 Å². The molecule has 2 amide bonds. The molecule has 2 aliphatic heterocycles. The highest BCUT2D eigenvalue weighted by molar-refractivity contribution is 5.94. The van der Waals surface area contributed by atoms with E-state index >= 15 is 0 Å². The summed E-state index contributed by atoms with van der Waals surface area (Å²) in [5, 5.41) is 9.58. The van der Waals surface area contributed by atoms with Gasteiger partial charge in [0.2, 0.25) is 5.91 Å². The molecule has 3 aliphatic carbocycles. The van der Waals surface area contributed by atoms with E-state index in [0.717, 1.165) is 72.8 Å². The molecule has 3 saturated carbocycles. The number of likely N-dealkylation sites (tertiary alicyclic amines) is 2. The highest BCUT2D eigenvalue weighted by Crippen LogP contribution is 2.41. The molecule has 5 fully saturated rings. The maximum absolute atomic E-state index is 14.4. The van der Waals surface area contributed by atoms with Gasteiger partial charge in [-0.25, -0.2) is 14.8 Å². The van der Waals surface area contributed by atoms with Crippen LogP contribution in [0.5, 0.6) is 5.75 Å².